The van der Waals surface area contributed by atoms with Crippen LogP contribution in [0, 0.1) is 5.82 Å². The molecule has 0 radical (unpaired) electrons. The van der Waals surface area contributed by atoms with Crippen molar-refractivity contribution in [1.82, 2.24) is 0 Å². The summed E-state index contributed by atoms with van der Waals surface area (Å²) in [6.07, 6.45) is 6.73. The topological polar surface area (TPSA) is 52.6 Å². The van der Waals surface area contributed by atoms with E-state index in [1.807, 2.05) is 0 Å². The van der Waals surface area contributed by atoms with Crippen LogP contribution in [0.1, 0.15) is 66.2 Å². The summed E-state index contributed by atoms with van der Waals surface area (Å²) in [5.74, 6) is -1.22. The first-order valence-electron chi connectivity index (χ1n) is 9.45. The smallest absolute Gasteiger partial charge is 0.343 e. The van der Waals surface area contributed by atoms with Gasteiger partial charge < -0.3 is 9.47 Å². The van der Waals surface area contributed by atoms with Gasteiger partial charge in [0.15, 0.2) is 0 Å². The van der Waals surface area contributed by atoms with Gasteiger partial charge in [-0.25, -0.2) is 14.0 Å². The maximum Gasteiger partial charge on any atom is 0.343 e. The van der Waals surface area contributed by atoms with Crippen LogP contribution in [0.15, 0.2) is 46.9 Å². The maximum absolute atomic E-state index is 13.1. The molecule has 150 valence electrons. The zero-order chi connectivity index (χ0) is 20.4. The van der Waals surface area contributed by atoms with E-state index in [0.29, 0.717) is 16.6 Å². The molecule has 0 aliphatic carbocycles. The highest BCUT2D eigenvalue weighted by molar-refractivity contribution is 9.10. The summed E-state index contributed by atoms with van der Waals surface area (Å²) in [5, 5.41) is 0. The van der Waals surface area contributed by atoms with E-state index in [4.69, 9.17) is 9.47 Å². The van der Waals surface area contributed by atoms with Crippen molar-refractivity contribution in [3.63, 3.8) is 0 Å². The predicted octanol–water partition coefficient (Wildman–Crippen LogP) is 6.32. The van der Waals surface area contributed by atoms with E-state index in [-0.39, 0.29) is 11.3 Å². The molecule has 0 saturated carbocycles. The van der Waals surface area contributed by atoms with Crippen molar-refractivity contribution in [2.45, 2.75) is 45.4 Å². The van der Waals surface area contributed by atoms with E-state index in [9.17, 15) is 14.0 Å². The maximum atomic E-state index is 13.1. The summed E-state index contributed by atoms with van der Waals surface area (Å²) in [4.78, 5) is 24.2. The summed E-state index contributed by atoms with van der Waals surface area (Å²) >= 11 is 3.15. The van der Waals surface area contributed by atoms with Crippen molar-refractivity contribution in [2.24, 2.45) is 0 Å². The van der Waals surface area contributed by atoms with Crippen molar-refractivity contribution in [2.75, 3.05) is 6.61 Å². The van der Waals surface area contributed by atoms with Gasteiger partial charge in [-0.05, 0) is 64.8 Å². The van der Waals surface area contributed by atoms with Crippen LogP contribution in [0.5, 0.6) is 5.75 Å². The van der Waals surface area contributed by atoms with Crippen LogP contribution in [0.4, 0.5) is 4.39 Å². The Kier molecular flexibility index (Phi) is 9.14. The minimum atomic E-state index is -0.598. The number of unbranched alkanes of at least 4 members (excludes halogenated alkanes) is 5. The summed E-state index contributed by atoms with van der Waals surface area (Å²) in [7, 11) is 0. The van der Waals surface area contributed by atoms with Gasteiger partial charge in [-0.1, -0.05) is 39.0 Å². The van der Waals surface area contributed by atoms with Crippen LogP contribution < -0.4 is 4.74 Å². The molecule has 0 aliphatic heterocycles. The highest BCUT2D eigenvalue weighted by Crippen LogP contribution is 2.26. The molecule has 4 nitrogen and oxygen atoms in total. The first-order valence-corrected chi connectivity index (χ1v) is 10.2. The van der Waals surface area contributed by atoms with Gasteiger partial charge in [0.05, 0.1) is 22.2 Å². The SMILES string of the molecule is CCCCCCCCOC(=O)c1ccc(C(=O)Oc2ccc(F)cc2Br)cc1. The second-order valence-electron chi connectivity index (χ2n) is 6.45. The quantitative estimate of drug-likeness (QED) is 0.241. The minimum Gasteiger partial charge on any atom is -0.462 e. The lowest BCUT2D eigenvalue weighted by Crippen LogP contribution is -2.10. The van der Waals surface area contributed by atoms with E-state index >= 15 is 0 Å². The third-order valence-electron chi connectivity index (χ3n) is 4.18. The number of esters is 2. The van der Waals surface area contributed by atoms with Gasteiger partial charge in [-0.2, -0.15) is 0 Å². The lowest BCUT2D eigenvalue weighted by atomic mass is 10.1. The average molecular weight is 451 g/mol. The van der Waals surface area contributed by atoms with Crippen molar-refractivity contribution in [1.29, 1.82) is 0 Å². The largest absolute Gasteiger partial charge is 0.462 e. The molecule has 2 aromatic carbocycles. The number of carbonyl (C=O) groups is 2. The third kappa shape index (κ3) is 7.08. The molecular weight excluding hydrogens is 427 g/mol. The normalized spacial score (nSPS) is 10.5. The van der Waals surface area contributed by atoms with Crippen LogP contribution in [-0.2, 0) is 4.74 Å². The van der Waals surface area contributed by atoms with Crippen LogP contribution in [-0.4, -0.2) is 18.5 Å². The Morgan fingerprint density at radius 3 is 2.14 bits per heavy atom. The Bertz CT molecular complexity index is 790. The van der Waals surface area contributed by atoms with Crippen molar-refractivity contribution < 1.29 is 23.5 Å². The fourth-order valence-electron chi connectivity index (χ4n) is 2.59. The van der Waals surface area contributed by atoms with Crippen LogP contribution in [0.2, 0.25) is 0 Å². The lowest BCUT2D eigenvalue weighted by molar-refractivity contribution is 0.0497. The highest BCUT2D eigenvalue weighted by Gasteiger charge is 2.13. The van der Waals surface area contributed by atoms with Crippen LogP contribution in [0.25, 0.3) is 0 Å². The Morgan fingerprint density at radius 1 is 0.893 bits per heavy atom. The van der Waals surface area contributed by atoms with E-state index in [1.54, 1.807) is 0 Å². The van der Waals surface area contributed by atoms with Gasteiger partial charge >= 0.3 is 11.9 Å². The third-order valence-corrected chi connectivity index (χ3v) is 4.80. The number of rotatable bonds is 10. The van der Waals surface area contributed by atoms with Gasteiger partial charge in [0.25, 0.3) is 0 Å². The number of hydrogen-bond donors (Lipinski definition) is 0. The fourth-order valence-corrected chi connectivity index (χ4v) is 3.02. The molecule has 0 fully saturated rings. The molecular formula is C22H24BrFO4. The molecule has 0 heterocycles. The number of benzene rings is 2. The second-order valence-corrected chi connectivity index (χ2v) is 7.30. The predicted molar refractivity (Wildman–Crippen MR) is 109 cm³/mol. The molecule has 0 saturated heterocycles. The highest BCUT2D eigenvalue weighted by atomic mass is 79.9. The Hall–Kier alpha value is -2.21. The Morgan fingerprint density at radius 2 is 1.50 bits per heavy atom. The molecule has 6 heteroatoms. The molecule has 0 N–H and O–H groups in total. The van der Waals surface area contributed by atoms with Crippen LogP contribution >= 0.6 is 15.9 Å². The summed E-state index contributed by atoms with van der Waals surface area (Å²) < 4.78 is 23.9. The molecule has 0 bridgehead atoms. The minimum absolute atomic E-state index is 0.217. The first kappa shape index (κ1) is 22.1. The lowest BCUT2D eigenvalue weighted by Gasteiger charge is -2.08. The molecule has 0 amide bonds. The monoisotopic (exact) mass is 450 g/mol. The molecule has 0 spiro atoms. The van der Waals surface area contributed by atoms with Gasteiger partial charge in [0, 0.05) is 0 Å². The van der Waals surface area contributed by atoms with Crippen molar-refractivity contribution in [3.05, 3.63) is 63.9 Å². The molecule has 0 atom stereocenters. The van der Waals surface area contributed by atoms with Crippen LogP contribution in [0.3, 0.4) is 0 Å². The van der Waals surface area contributed by atoms with E-state index < -0.39 is 17.8 Å². The second kappa shape index (κ2) is 11.6. The number of halogens is 2. The Balaban J connectivity index is 1.81. The summed E-state index contributed by atoms with van der Waals surface area (Å²) in [5.41, 5.74) is 0.661. The zero-order valence-corrected chi connectivity index (χ0v) is 17.5. The van der Waals surface area contributed by atoms with E-state index in [0.717, 1.165) is 19.3 Å². The fraction of sp³-hybridized carbons (Fsp3) is 0.364. The molecule has 28 heavy (non-hydrogen) atoms. The standard InChI is InChI=1S/C22H24BrFO4/c1-2-3-4-5-6-7-14-27-21(25)16-8-10-17(11-9-16)22(26)28-20-13-12-18(24)15-19(20)23/h8-13,15H,2-7,14H2,1H3. The Labute approximate surface area is 173 Å². The first-order chi connectivity index (χ1) is 13.5. The summed E-state index contributed by atoms with van der Waals surface area (Å²) in [6, 6.07) is 9.84. The van der Waals surface area contributed by atoms with Gasteiger partial charge in [-0.3, -0.25) is 0 Å². The van der Waals surface area contributed by atoms with Crippen molar-refractivity contribution >= 4 is 27.9 Å². The van der Waals surface area contributed by atoms with E-state index in [2.05, 4.69) is 22.9 Å². The van der Waals surface area contributed by atoms with Gasteiger partial charge in [-0.15, -0.1) is 0 Å². The molecule has 0 unspecified atom stereocenters. The number of ether oxygens (including phenoxy) is 2. The average Bonchev–Trinajstić information content (AvgIpc) is 2.69. The molecule has 0 aromatic heterocycles. The van der Waals surface area contributed by atoms with Gasteiger partial charge in [0.2, 0.25) is 0 Å². The van der Waals surface area contributed by atoms with Crippen molar-refractivity contribution in [3.8, 4) is 5.75 Å². The molecule has 2 rings (SSSR count). The van der Waals surface area contributed by atoms with Gasteiger partial charge in [0.1, 0.15) is 11.6 Å². The molecule has 0 aliphatic rings. The molecule has 2 aromatic rings. The zero-order valence-electron chi connectivity index (χ0n) is 15.9. The number of hydrogen-bond acceptors (Lipinski definition) is 4. The van der Waals surface area contributed by atoms with E-state index in [1.165, 1.54) is 61.7 Å². The summed E-state index contributed by atoms with van der Waals surface area (Å²) in [6.45, 7) is 2.57. The number of carbonyl (C=O) groups excluding carboxylic acids is 2.